The Bertz CT molecular complexity index is 442. The Balaban J connectivity index is 2.53. The highest BCUT2D eigenvalue weighted by atomic mass is 35.5. The minimum Gasteiger partial charge on any atom is -0.241 e. The van der Waals surface area contributed by atoms with Crippen molar-refractivity contribution in [2.75, 3.05) is 0 Å². The highest BCUT2D eigenvalue weighted by molar-refractivity contribution is 6.29. The average molecular weight is 206 g/mol. The first-order chi connectivity index (χ1) is 6.77. The molecule has 2 aromatic rings. The van der Waals surface area contributed by atoms with Gasteiger partial charge < -0.3 is 0 Å². The van der Waals surface area contributed by atoms with Crippen molar-refractivity contribution in [3.05, 3.63) is 41.4 Å². The number of aryl methyl sites for hydroxylation is 1. The molecule has 0 aromatic carbocycles. The lowest BCUT2D eigenvalue weighted by molar-refractivity contribution is 1.13. The summed E-state index contributed by atoms with van der Waals surface area (Å²) < 4.78 is 0. The molecule has 0 bridgehead atoms. The van der Waals surface area contributed by atoms with Crippen molar-refractivity contribution < 1.29 is 0 Å². The second-order valence-electron chi connectivity index (χ2n) is 2.84. The van der Waals surface area contributed by atoms with E-state index in [9.17, 15) is 0 Å². The minimum atomic E-state index is 0.488. The number of pyridine rings is 1. The maximum absolute atomic E-state index is 5.75. The smallest absolute Gasteiger partial charge is 0.160 e. The lowest BCUT2D eigenvalue weighted by atomic mass is 10.2. The molecule has 0 saturated heterocycles. The number of rotatable bonds is 1. The molecule has 0 aliphatic carbocycles. The second kappa shape index (κ2) is 3.72. The molecule has 0 atom stereocenters. The maximum Gasteiger partial charge on any atom is 0.160 e. The van der Waals surface area contributed by atoms with E-state index < -0.39 is 0 Å². The van der Waals surface area contributed by atoms with Crippen molar-refractivity contribution in [2.45, 2.75) is 6.92 Å². The summed E-state index contributed by atoms with van der Waals surface area (Å²) in [6.45, 7) is 1.89. The molecule has 3 nitrogen and oxygen atoms in total. The van der Waals surface area contributed by atoms with Gasteiger partial charge in [0.2, 0.25) is 0 Å². The van der Waals surface area contributed by atoms with E-state index in [-0.39, 0.29) is 0 Å². The lowest BCUT2D eigenvalue weighted by Gasteiger charge is -2.02. The highest BCUT2D eigenvalue weighted by Crippen LogP contribution is 2.19. The largest absolute Gasteiger partial charge is 0.241 e. The number of halogens is 1. The van der Waals surface area contributed by atoms with Gasteiger partial charge in [-0.2, -0.15) is 0 Å². The lowest BCUT2D eigenvalue weighted by Crippen LogP contribution is -1.92. The molecule has 2 aromatic heterocycles. The zero-order valence-corrected chi connectivity index (χ0v) is 8.36. The first-order valence-electron chi connectivity index (χ1n) is 4.18. The molecule has 14 heavy (non-hydrogen) atoms. The van der Waals surface area contributed by atoms with Gasteiger partial charge in [-0.1, -0.05) is 11.6 Å². The van der Waals surface area contributed by atoms with Crippen LogP contribution in [-0.4, -0.2) is 15.0 Å². The summed E-state index contributed by atoms with van der Waals surface area (Å²) in [5, 5.41) is 0.488. The minimum absolute atomic E-state index is 0.488. The van der Waals surface area contributed by atoms with Crippen LogP contribution >= 0.6 is 11.6 Å². The van der Waals surface area contributed by atoms with Gasteiger partial charge in [-0.15, -0.1) is 0 Å². The topological polar surface area (TPSA) is 38.7 Å². The summed E-state index contributed by atoms with van der Waals surface area (Å²) in [7, 11) is 0. The van der Waals surface area contributed by atoms with Gasteiger partial charge in [0, 0.05) is 18.0 Å². The number of aromatic nitrogens is 3. The third-order valence-electron chi connectivity index (χ3n) is 1.86. The molecule has 0 amide bonds. The van der Waals surface area contributed by atoms with Crippen LogP contribution in [0.1, 0.15) is 5.69 Å². The Hall–Kier alpha value is -1.48. The fourth-order valence-electron chi connectivity index (χ4n) is 1.20. The van der Waals surface area contributed by atoms with Crippen LogP contribution in [0, 0.1) is 6.92 Å². The summed E-state index contributed by atoms with van der Waals surface area (Å²) in [5.74, 6) is 0.675. The van der Waals surface area contributed by atoms with E-state index in [2.05, 4.69) is 15.0 Å². The van der Waals surface area contributed by atoms with E-state index in [1.165, 1.54) is 0 Å². The zero-order chi connectivity index (χ0) is 9.97. The zero-order valence-electron chi connectivity index (χ0n) is 7.61. The Labute approximate surface area is 86.8 Å². The van der Waals surface area contributed by atoms with Crippen LogP contribution < -0.4 is 0 Å². The highest BCUT2D eigenvalue weighted by Gasteiger charge is 2.04. The van der Waals surface area contributed by atoms with Crippen LogP contribution in [0.25, 0.3) is 11.4 Å². The Morgan fingerprint density at radius 2 is 1.86 bits per heavy atom. The predicted octanol–water partition coefficient (Wildman–Crippen LogP) is 2.50. The molecule has 2 heterocycles. The van der Waals surface area contributed by atoms with Crippen molar-refractivity contribution in [1.29, 1.82) is 0 Å². The Morgan fingerprint density at radius 1 is 1.14 bits per heavy atom. The van der Waals surface area contributed by atoms with Crippen molar-refractivity contribution in [3.63, 3.8) is 0 Å². The maximum atomic E-state index is 5.75. The molecule has 0 aliphatic rings. The number of hydrogen-bond acceptors (Lipinski definition) is 3. The predicted molar refractivity (Wildman–Crippen MR) is 55.0 cm³/mol. The van der Waals surface area contributed by atoms with Crippen LogP contribution in [0.5, 0.6) is 0 Å². The van der Waals surface area contributed by atoms with Gasteiger partial charge in [0.25, 0.3) is 0 Å². The van der Waals surface area contributed by atoms with E-state index in [4.69, 9.17) is 11.6 Å². The first-order valence-corrected chi connectivity index (χ1v) is 4.56. The molecule has 2 rings (SSSR count). The summed E-state index contributed by atoms with van der Waals surface area (Å²) in [4.78, 5) is 12.4. The second-order valence-corrected chi connectivity index (χ2v) is 3.23. The SMILES string of the molecule is Cc1nc(Cl)ccc1-c1ncccn1. The third-order valence-corrected chi connectivity index (χ3v) is 2.07. The summed E-state index contributed by atoms with van der Waals surface area (Å²) in [5.41, 5.74) is 1.75. The molecule has 0 N–H and O–H groups in total. The molecule has 0 spiro atoms. The van der Waals surface area contributed by atoms with Gasteiger partial charge in [-0.05, 0) is 25.1 Å². The summed E-state index contributed by atoms with van der Waals surface area (Å²) >= 11 is 5.75. The van der Waals surface area contributed by atoms with E-state index >= 15 is 0 Å². The molecular formula is C10H8ClN3. The molecule has 0 aliphatic heterocycles. The van der Waals surface area contributed by atoms with Crippen molar-refractivity contribution >= 4 is 11.6 Å². The van der Waals surface area contributed by atoms with Crippen LogP contribution in [0.2, 0.25) is 5.15 Å². The third kappa shape index (κ3) is 1.72. The van der Waals surface area contributed by atoms with Crippen molar-refractivity contribution in [1.82, 2.24) is 15.0 Å². The van der Waals surface area contributed by atoms with Gasteiger partial charge in [-0.25, -0.2) is 15.0 Å². The fourth-order valence-corrected chi connectivity index (χ4v) is 1.39. The molecule has 0 unspecified atom stereocenters. The normalized spacial score (nSPS) is 10.1. The summed E-state index contributed by atoms with van der Waals surface area (Å²) in [6, 6.07) is 5.39. The Morgan fingerprint density at radius 3 is 2.50 bits per heavy atom. The van der Waals surface area contributed by atoms with E-state index in [0.29, 0.717) is 11.0 Å². The molecule has 0 radical (unpaired) electrons. The van der Waals surface area contributed by atoms with E-state index in [1.54, 1.807) is 24.5 Å². The number of hydrogen-bond donors (Lipinski definition) is 0. The average Bonchev–Trinajstić information content (AvgIpc) is 2.19. The fraction of sp³-hybridized carbons (Fsp3) is 0.100. The standard InChI is InChI=1S/C10H8ClN3/c1-7-8(3-4-9(11)14-7)10-12-5-2-6-13-10/h2-6H,1H3. The van der Waals surface area contributed by atoms with Crippen molar-refractivity contribution in [3.8, 4) is 11.4 Å². The van der Waals surface area contributed by atoms with Crippen LogP contribution in [0.15, 0.2) is 30.6 Å². The Kier molecular flexibility index (Phi) is 2.41. The van der Waals surface area contributed by atoms with Gasteiger partial charge >= 0.3 is 0 Å². The van der Waals surface area contributed by atoms with Gasteiger partial charge in [-0.3, -0.25) is 0 Å². The monoisotopic (exact) mass is 205 g/mol. The van der Waals surface area contributed by atoms with Gasteiger partial charge in [0.15, 0.2) is 5.82 Å². The quantitative estimate of drug-likeness (QED) is 0.672. The molecule has 0 saturated carbocycles. The van der Waals surface area contributed by atoms with Crippen LogP contribution in [0.3, 0.4) is 0 Å². The molecule has 0 fully saturated rings. The van der Waals surface area contributed by atoms with Gasteiger partial charge in [0.05, 0.1) is 5.69 Å². The molecule has 4 heteroatoms. The van der Waals surface area contributed by atoms with Crippen molar-refractivity contribution in [2.24, 2.45) is 0 Å². The molecule has 70 valence electrons. The van der Waals surface area contributed by atoms with Gasteiger partial charge in [0.1, 0.15) is 5.15 Å². The molecular weight excluding hydrogens is 198 g/mol. The van der Waals surface area contributed by atoms with E-state index in [0.717, 1.165) is 11.3 Å². The van der Waals surface area contributed by atoms with E-state index in [1.807, 2.05) is 13.0 Å². The van der Waals surface area contributed by atoms with Crippen LogP contribution in [0.4, 0.5) is 0 Å². The summed E-state index contributed by atoms with van der Waals surface area (Å²) in [6.07, 6.45) is 3.41. The van der Waals surface area contributed by atoms with Crippen LogP contribution in [-0.2, 0) is 0 Å². The number of nitrogens with zero attached hydrogens (tertiary/aromatic N) is 3. The first kappa shape index (κ1) is 9.09.